The van der Waals surface area contributed by atoms with Crippen molar-refractivity contribution < 1.29 is 14.3 Å². The zero-order valence-electron chi connectivity index (χ0n) is 16.2. The third-order valence-corrected chi connectivity index (χ3v) is 4.12. The molecule has 0 unspecified atom stereocenters. The van der Waals surface area contributed by atoms with E-state index in [9.17, 15) is 9.59 Å². The second-order valence-electron chi connectivity index (χ2n) is 6.70. The van der Waals surface area contributed by atoms with Crippen LogP contribution in [0.1, 0.15) is 32.8 Å². The summed E-state index contributed by atoms with van der Waals surface area (Å²) in [5, 5.41) is 2.92. The normalized spacial score (nSPS) is 11.7. The van der Waals surface area contributed by atoms with Crippen molar-refractivity contribution in [3.63, 3.8) is 0 Å². The minimum Gasteiger partial charge on any atom is -0.484 e. The van der Waals surface area contributed by atoms with Crippen LogP contribution in [0.4, 0.5) is 0 Å². The molecule has 0 fully saturated rings. The van der Waals surface area contributed by atoms with E-state index in [0.717, 1.165) is 5.56 Å². The van der Waals surface area contributed by atoms with Gasteiger partial charge in [-0.1, -0.05) is 55.5 Å². The van der Waals surface area contributed by atoms with Crippen LogP contribution in [0.2, 0.25) is 0 Å². The zero-order valence-corrected chi connectivity index (χ0v) is 16.2. The van der Waals surface area contributed by atoms with Crippen molar-refractivity contribution in [3.8, 4) is 5.75 Å². The summed E-state index contributed by atoms with van der Waals surface area (Å²) < 4.78 is 5.62. The van der Waals surface area contributed by atoms with E-state index in [1.54, 1.807) is 17.0 Å². The summed E-state index contributed by atoms with van der Waals surface area (Å²) in [4.78, 5) is 27.2. The van der Waals surface area contributed by atoms with E-state index in [-0.39, 0.29) is 24.5 Å². The van der Waals surface area contributed by atoms with E-state index in [1.807, 2.05) is 69.3 Å². The van der Waals surface area contributed by atoms with E-state index in [4.69, 9.17) is 4.74 Å². The summed E-state index contributed by atoms with van der Waals surface area (Å²) in [7, 11) is 0. The maximum atomic E-state index is 12.9. The molecule has 27 heavy (non-hydrogen) atoms. The van der Waals surface area contributed by atoms with Gasteiger partial charge in [0.2, 0.25) is 5.91 Å². The lowest BCUT2D eigenvalue weighted by molar-refractivity contribution is -0.143. The van der Waals surface area contributed by atoms with Crippen LogP contribution in [0.15, 0.2) is 60.7 Å². The van der Waals surface area contributed by atoms with Crippen LogP contribution in [0.3, 0.4) is 0 Å². The van der Waals surface area contributed by atoms with Crippen molar-refractivity contribution in [1.82, 2.24) is 10.2 Å². The Kier molecular flexibility index (Phi) is 7.86. The van der Waals surface area contributed by atoms with Crippen molar-refractivity contribution in [1.29, 1.82) is 0 Å². The fourth-order valence-electron chi connectivity index (χ4n) is 2.83. The van der Waals surface area contributed by atoms with E-state index < -0.39 is 6.04 Å². The summed E-state index contributed by atoms with van der Waals surface area (Å²) >= 11 is 0. The largest absolute Gasteiger partial charge is 0.484 e. The second kappa shape index (κ2) is 10.4. The monoisotopic (exact) mass is 368 g/mol. The van der Waals surface area contributed by atoms with Gasteiger partial charge in [0.15, 0.2) is 6.61 Å². The molecule has 1 atom stereocenters. The molecule has 0 aliphatic rings. The number of rotatable bonds is 9. The van der Waals surface area contributed by atoms with Crippen molar-refractivity contribution in [2.75, 3.05) is 6.61 Å². The van der Waals surface area contributed by atoms with Gasteiger partial charge in [-0.2, -0.15) is 0 Å². The van der Waals surface area contributed by atoms with E-state index in [1.165, 1.54) is 0 Å². The number of ether oxygens (including phenoxy) is 1. The first kappa shape index (κ1) is 20.5. The fraction of sp³-hybridized carbons (Fsp3) is 0.364. The van der Waals surface area contributed by atoms with Gasteiger partial charge in [-0.15, -0.1) is 0 Å². The molecule has 0 aliphatic carbocycles. The highest BCUT2D eigenvalue weighted by molar-refractivity contribution is 5.88. The van der Waals surface area contributed by atoms with Gasteiger partial charge in [0, 0.05) is 12.6 Å². The van der Waals surface area contributed by atoms with Crippen LogP contribution in [0.5, 0.6) is 5.75 Å². The van der Waals surface area contributed by atoms with Gasteiger partial charge in [-0.05, 0) is 38.0 Å². The van der Waals surface area contributed by atoms with Gasteiger partial charge >= 0.3 is 0 Å². The molecule has 0 saturated carbocycles. The third kappa shape index (κ3) is 6.44. The molecule has 2 amide bonds. The molecule has 2 aromatic carbocycles. The SMILES string of the molecule is CC[C@H](C(=O)NC(C)C)N(Cc1ccccc1)C(=O)COc1ccccc1. The first-order chi connectivity index (χ1) is 13.0. The molecule has 0 bridgehead atoms. The Bertz CT molecular complexity index is 717. The number of nitrogens with zero attached hydrogens (tertiary/aromatic N) is 1. The summed E-state index contributed by atoms with van der Waals surface area (Å²) in [5.74, 6) is 0.273. The Morgan fingerprint density at radius 1 is 1.00 bits per heavy atom. The highest BCUT2D eigenvalue weighted by Gasteiger charge is 2.29. The van der Waals surface area contributed by atoms with E-state index in [2.05, 4.69) is 5.32 Å². The number of amides is 2. The first-order valence-corrected chi connectivity index (χ1v) is 9.32. The predicted octanol–water partition coefficient (Wildman–Crippen LogP) is 3.40. The van der Waals surface area contributed by atoms with Crippen molar-refractivity contribution in [3.05, 3.63) is 66.2 Å². The number of carbonyl (C=O) groups excluding carboxylic acids is 2. The average molecular weight is 368 g/mol. The smallest absolute Gasteiger partial charge is 0.261 e. The molecule has 0 saturated heterocycles. The first-order valence-electron chi connectivity index (χ1n) is 9.32. The summed E-state index contributed by atoms with van der Waals surface area (Å²) in [6, 6.07) is 18.4. The molecule has 1 N–H and O–H groups in total. The molecule has 5 heteroatoms. The maximum Gasteiger partial charge on any atom is 0.261 e. The molecule has 0 heterocycles. The van der Waals surface area contributed by atoms with Gasteiger partial charge in [0.25, 0.3) is 5.91 Å². The van der Waals surface area contributed by atoms with Crippen LogP contribution in [0, 0.1) is 0 Å². The lowest BCUT2D eigenvalue weighted by atomic mass is 10.1. The minimum atomic E-state index is -0.542. The Morgan fingerprint density at radius 2 is 1.59 bits per heavy atom. The number of nitrogens with one attached hydrogen (secondary N) is 1. The van der Waals surface area contributed by atoms with E-state index >= 15 is 0 Å². The molecule has 0 spiro atoms. The van der Waals surface area contributed by atoms with Gasteiger partial charge < -0.3 is 15.0 Å². The molecule has 0 aromatic heterocycles. The Labute approximate surface area is 161 Å². The Hall–Kier alpha value is -2.82. The Morgan fingerprint density at radius 3 is 2.15 bits per heavy atom. The molecular weight excluding hydrogens is 340 g/mol. The number of carbonyl (C=O) groups is 2. The fourth-order valence-corrected chi connectivity index (χ4v) is 2.83. The number of para-hydroxylation sites is 1. The number of hydrogen-bond acceptors (Lipinski definition) is 3. The van der Waals surface area contributed by atoms with Crippen LogP contribution < -0.4 is 10.1 Å². The molecule has 2 rings (SSSR count). The van der Waals surface area contributed by atoms with Crippen molar-refractivity contribution in [2.24, 2.45) is 0 Å². The molecule has 0 aliphatic heterocycles. The van der Waals surface area contributed by atoms with Crippen molar-refractivity contribution in [2.45, 2.75) is 45.8 Å². The summed E-state index contributed by atoms with van der Waals surface area (Å²) in [6.07, 6.45) is 0.530. The minimum absolute atomic E-state index is 0.0146. The molecular formula is C22H28N2O3. The molecule has 0 radical (unpaired) electrons. The highest BCUT2D eigenvalue weighted by Crippen LogP contribution is 2.14. The Balaban J connectivity index is 2.16. The standard InChI is InChI=1S/C22H28N2O3/c1-4-20(22(26)23-17(2)3)24(15-18-11-7-5-8-12-18)21(25)16-27-19-13-9-6-10-14-19/h5-14,17,20H,4,15-16H2,1-3H3,(H,23,26)/t20-/m1/s1. The second-order valence-corrected chi connectivity index (χ2v) is 6.70. The average Bonchev–Trinajstić information content (AvgIpc) is 2.67. The summed E-state index contributed by atoms with van der Waals surface area (Å²) in [6.45, 7) is 5.98. The van der Waals surface area contributed by atoms with Crippen LogP contribution in [-0.2, 0) is 16.1 Å². The van der Waals surface area contributed by atoms with E-state index in [0.29, 0.717) is 18.7 Å². The quantitative estimate of drug-likeness (QED) is 0.738. The lowest BCUT2D eigenvalue weighted by Crippen LogP contribution is -2.51. The lowest BCUT2D eigenvalue weighted by Gasteiger charge is -2.31. The van der Waals surface area contributed by atoms with Gasteiger partial charge in [0.1, 0.15) is 11.8 Å². The topological polar surface area (TPSA) is 58.6 Å². The number of hydrogen-bond donors (Lipinski definition) is 1. The van der Waals surface area contributed by atoms with Gasteiger partial charge in [0.05, 0.1) is 0 Å². The molecule has 5 nitrogen and oxygen atoms in total. The summed E-state index contributed by atoms with van der Waals surface area (Å²) in [5.41, 5.74) is 0.973. The molecule has 144 valence electrons. The van der Waals surface area contributed by atoms with Gasteiger partial charge in [-0.3, -0.25) is 9.59 Å². The highest BCUT2D eigenvalue weighted by atomic mass is 16.5. The van der Waals surface area contributed by atoms with Gasteiger partial charge in [-0.25, -0.2) is 0 Å². The predicted molar refractivity (Wildman–Crippen MR) is 106 cm³/mol. The zero-order chi connectivity index (χ0) is 19.6. The van der Waals surface area contributed by atoms with Crippen LogP contribution in [-0.4, -0.2) is 35.4 Å². The molecule has 2 aromatic rings. The maximum absolute atomic E-state index is 12.9. The van der Waals surface area contributed by atoms with Crippen LogP contribution >= 0.6 is 0 Å². The number of benzene rings is 2. The van der Waals surface area contributed by atoms with Crippen molar-refractivity contribution >= 4 is 11.8 Å². The third-order valence-electron chi connectivity index (χ3n) is 4.12. The van der Waals surface area contributed by atoms with Crippen LogP contribution in [0.25, 0.3) is 0 Å².